The van der Waals surface area contributed by atoms with Gasteiger partial charge in [0, 0.05) is 6.42 Å². The number of carbonyl (C=O) groups excluding carboxylic acids is 2. The summed E-state index contributed by atoms with van der Waals surface area (Å²) in [6, 6.07) is 0. The topological polar surface area (TPSA) is 125 Å². The van der Waals surface area contributed by atoms with Crippen LogP contribution in [0.4, 0.5) is 35.5 Å². The van der Waals surface area contributed by atoms with Gasteiger partial charge in [0.1, 0.15) is 6.10 Å². The Morgan fingerprint density at radius 3 is 2.03 bits per heavy atom. The molecule has 1 N–H and O–H groups in total. The number of hydrogen-bond donors (Lipinski definition) is 1. The van der Waals surface area contributed by atoms with Gasteiger partial charge in [0.15, 0.2) is 0 Å². The number of unbranched alkanes of at least 4 members (excludes halogenated alkanes) is 1. The number of alkyl halides is 7. The molecule has 206 valence electrons. The molecule has 35 heavy (non-hydrogen) atoms. The lowest BCUT2D eigenvalue weighted by molar-refractivity contribution is -0.354. The Morgan fingerprint density at radius 1 is 0.971 bits per heavy atom. The van der Waals surface area contributed by atoms with Crippen molar-refractivity contribution in [3.05, 3.63) is 0 Å². The second-order valence-corrected chi connectivity index (χ2v) is 9.03. The molecule has 1 unspecified atom stereocenters. The van der Waals surface area contributed by atoms with Crippen LogP contribution in [0.5, 0.6) is 0 Å². The fraction of sp³-hybridized carbons (Fsp3) is 0.889. The first-order valence-electron chi connectivity index (χ1n) is 10.4. The van der Waals surface area contributed by atoms with Gasteiger partial charge >= 0.3 is 45.4 Å². The van der Waals surface area contributed by atoms with Crippen LogP contribution in [0, 0.1) is 0 Å². The largest absolute Gasteiger partial charge is 0.511 e. The second-order valence-electron chi connectivity index (χ2n) is 7.57. The Bertz CT molecular complexity index is 827. The zero-order valence-corrected chi connectivity index (χ0v) is 19.2. The summed E-state index contributed by atoms with van der Waals surface area (Å²) in [4.78, 5) is 24.1. The van der Waals surface area contributed by atoms with Gasteiger partial charge in [-0.25, -0.2) is 9.59 Å². The molecule has 0 aliphatic heterocycles. The first kappa shape index (κ1) is 31.2. The van der Waals surface area contributed by atoms with E-state index in [0.717, 1.165) is 13.3 Å². The van der Waals surface area contributed by atoms with Crippen LogP contribution in [0.15, 0.2) is 0 Å². The van der Waals surface area contributed by atoms with Crippen LogP contribution in [0.25, 0.3) is 0 Å². The number of halogens is 7. The van der Waals surface area contributed by atoms with E-state index in [-0.39, 0.29) is 0 Å². The smallest absolute Gasteiger partial charge is 0.461 e. The maximum absolute atomic E-state index is 13.8. The van der Waals surface area contributed by atoms with Crippen LogP contribution < -0.4 is 0 Å². The van der Waals surface area contributed by atoms with E-state index in [1.54, 1.807) is 0 Å². The predicted octanol–water partition coefficient (Wildman–Crippen LogP) is 4.60. The number of ether oxygens (including phenoxy) is 4. The quantitative estimate of drug-likeness (QED) is 0.122. The first-order chi connectivity index (χ1) is 15.9. The Hall–Kier alpha value is -1.88. The third kappa shape index (κ3) is 7.80. The van der Waals surface area contributed by atoms with E-state index >= 15 is 0 Å². The second kappa shape index (κ2) is 11.9. The number of rotatable bonds is 12. The summed E-state index contributed by atoms with van der Waals surface area (Å²) < 4.78 is 142. The molecule has 1 rings (SSSR count). The third-order valence-electron chi connectivity index (χ3n) is 4.90. The van der Waals surface area contributed by atoms with Crippen LogP contribution in [0.1, 0.15) is 58.3 Å². The molecule has 9 nitrogen and oxygen atoms in total. The third-order valence-corrected chi connectivity index (χ3v) is 5.85. The van der Waals surface area contributed by atoms with Gasteiger partial charge < -0.3 is 18.9 Å². The first-order valence-corrected chi connectivity index (χ1v) is 11.9. The van der Waals surface area contributed by atoms with Gasteiger partial charge in [0.2, 0.25) is 0 Å². The van der Waals surface area contributed by atoms with E-state index in [1.807, 2.05) is 0 Å². The van der Waals surface area contributed by atoms with Crippen molar-refractivity contribution in [2.75, 3.05) is 13.2 Å². The van der Waals surface area contributed by atoms with Crippen molar-refractivity contribution < 1.29 is 72.2 Å². The molecule has 0 saturated heterocycles. The highest BCUT2D eigenvalue weighted by Crippen LogP contribution is 2.42. The van der Waals surface area contributed by atoms with Crippen LogP contribution in [-0.4, -0.2) is 67.6 Å². The maximum atomic E-state index is 13.8. The van der Waals surface area contributed by atoms with Crippen molar-refractivity contribution in [3.8, 4) is 0 Å². The maximum Gasteiger partial charge on any atom is 0.511 e. The van der Waals surface area contributed by atoms with Crippen LogP contribution in [0.3, 0.4) is 0 Å². The van der Waals surface area contributed by atoms with Gasteiger partial charge in [0.25, 0.3) is 0 Å². The van der Waals surface area contributed by atoms with Gasteiger partial charge in [0.05, 0.1) is 13.2 Å². The molecular formula is C18H25F7O9S. The van der Waals surface area contributed by atoms with E-state index in [4.69, 9.17) is 9.29 Å². The van der Waals surface area contributed by atoms with Crippen molar-refractivity contribution in [1.29, 1.82) is 0 Å². The monoisotopic (exact) mass is 550 g/mol. The molecule has 0 aromatic carbocycles. The van der Waals surface area contributed by atoms with Crippen molar-refractivity contribution >= 4 is 22.2 Å². The summed E-state index contributed by atoms with van der Waals surface area (Å²) in [5.74, 6) is -11.8. The molecule has 0 aromatic heterocycles. The molecule has 1 fully saturated rings. The Morgan fingerprint density at radius 2 is 1.54 bits per heavy atom. The summed E-state index contributed by atoms with van der Waals surface area (Å²) in [6.45, 7) is -0.697. The molecule has 0 radical (unpaired) electrons. The molecule has 1 aliphatic carbocycles. The zero-order valence-electron chi connectivity index (χ0n) is 18.4. The molecule has 0 heterocycles. The molecule has 1 aliphatic rings. The average molecular weight is 550 g/mol. The van der Waals surface area contributed by atoms with Crippen molar-refractivity contribution in [2.24, 2.45) is 0 Å². The highest BCUT2D eigenvalue weighted by molar-refractivity contribution is 7.87. The number of hydrogen-bond acceptors (Lipinski definition) is 8. The molecule has 0 spiro atoms. The normalized spacial score (nSPS) is 18.0. The molecule has 0 amide bonds. The number of esters is 1. The Balaban J connectivity index is 2.92. The minimum Gasteiger partial charge on any atom is -0.461 e. The summed E-state index contributed by atoms with van der Waals surface area (Å²) in [5, 5.41) is -5.85. The van der Waals surface area contributed by atoms with E-state index < -0.39 is 84.0 Å². The predicted molar refractivity (Wildman–Crippen MR) is 101 cm³/mol. The molecule has 0 bridgehead atoms. The summed E-state index contributed by atoms with van der Waals surface area (Å²) in [5.41, 5.74) is 0. The van der Waals surface area contributed by atoms with Gasteiger partial charge in [-0.1, -0.05) is 6.42 Å². The Labute approximate surface area is 196 Å². The number of carbonyl (C=O) groups is 2. The molecule has 0 aromatic rings. The van der Waals surface area contributed by atoms with Gasteiger partial charge in [-0.3, -0.25) is 4.55 Å². The van der Waals surface area contributed by atoms with E-state index in [2.05, 4.69) is 14.2 Å². The fourth-order valence-corrected chi connectivity index (χ4v) is 3.55. The van der Waals surface area contributed by atoms with Crippen molar-refractivity contribution in [3.63, 3.8) is 0 Å². The standard InChI is InChI=1S/C18H25F7O9S/c1-2-31-13(26)16(17(21,22)23,34-14(27)33-12-8-4-3-5-9-12)32-11-7-6-10-15(19,20)18(24,25)35(28,29)30/h12H,2-11H2,1H3,(H,28,29,30). The fourth-order valence-electron chi connectivity index (χ4n) is 3.07. The minimum atomic E-state index is -6.48. The van der Waals surface area contributed by atoms with E-state index in [0.29, 0.717) is 25.7 Å². The van der Waals surface area contributed by atoms with Crippen LogP contribution in [-0.2, 0) is 33.9 Å². The highest BCUT2D eigenvalue weighted by Gasteiger charge is 2.68. The lowest BCUT2D eigenvalue weighted by atomic mass is 9.98. The average Bonchev–Trinajstić information content (AvgIpc) is 2.71. The van der Waals surface area contributed by atoms with Gasteiger partial charge in [-0.05, 0) is 45.4 Å². The van der Waals surface area contributed by atoms with Crippen LogP contribution >= 0.6 is 0 Å². The van der Waals surface area contributed by atoms with Crippen LogP contribution in [0.2, 0.25) is 0 Å². The van der Waals surface area contributed by atoms with Crippen molar-refractivity contribution in [2.45, 2.75) is 87.5 Å². The molecule has 1 saturated carbocycles. The highest BCUT2D eigenvalue weighted by atomic mass is 32.2. The van der Waals surface area contributed by atoms with Crippen molar-refractivity contribution in [1.82, 2.24) is 0 Å². The zero-order chi connectivity index (χ0) is 27.1. The summed E-state index contributed by atoms with van der Waals surface area (Å²) in [6.07, 6.45) is -9.39. The lowest BCUT2D eigenvalue weighted by Gasteiger charge is -2.32. The SMILES string of the molecule is CCOC(=O)C(OCCCCC(F)(F)C(F)(F)S(=O)(=O)O)(OC(=O)OC1CCCCC1)C(F)(F)F. The van der Waals surface area contributed by atoms with E-state index in [1.165, 1.54) is 0 Å². The minimum absolute atomic E-state index is 0.344. The molecule has 17 heteroatoms. The summed E-state index contributed by atoms with van der Waals surface area (Å²) in [7, 11) is -6.48. The summed E-state index contributed by atoms with van der Waals surface area (Å²) >= 11 is 0. The lowest BCUT2D eigenvalue weighted by Crippen LogP contribution is -2.58. The Kier molecular flexibility index (Phi) is 10.6. The molecule has 1 atom stereocenters. The van der Waals surface area contributed by atoms with E-state index in [9.17, 15) is 48.7 Å². The molecular weight excluding hydrogens is 525 g/mol. The van der Waals surface area contributed by atoms with Gasteiger partial charge in [-0.2, -0.15) is 39.2 Å². The van der Waals surface area contributed by atoms with Gasteiger partial charge in [-0.15, -0.1) is 0 Å².